The van der Waals surface area contributed by atoms with Crippen molar-refractivity contribution in [3.8, 4) is 0 Å². The van der Waals surface area contributed by atoms with Crippen LogP contribution in [0.25, 0.3) is 0 Å². The van der Waals surface area contributed by atoms with Gasteiger partial charge in [-0.2, -0.15) is 0 Å². The van der Waals surface area contributed by atoms with Gasteiger partial charge < -0.3 is 9.84 Å². The van der Waals surface area contributed by atoms with Crippen LogP contribution in [0.3, 0.4) is 0 Å². The van der Waals surface area contributed by atoms with E-state index < -0.39 is 23.2 Å². The second-order valence-corrected chi connectivity index (χ2v) is 4.99. The monoisotopic (exact) mass is 271 g/mol. The summed E-state index contributed by atoms with van der Waals surface area (Å²) in [6.07, 6.45) is 0. The molecule has 0 radical (unpaired) electrons. The molecule has 0 spiro atoms. The van der Waals surface area contributed by atoms with Gasteiger partial charge in [-0.3, -0.25) is 4.90 Å². The van der Waals surface area contributed by atoms with Gasteiger partial charge in [-0.1, -0.05) is 12.1 Å². The molecule has 1 aromatic rings. The van der Waals surface area contributed by atoms with Crippen LogP contribution in [0.1, 0.15) is 12.5 Å². The van der Waals surface area contributed by atoms with E-state index in [1.165, 1.54) is 12.1 Å². The highest BCUT2D eigenvalue weighted by Gasteiger charge is 2.40. The molecule has 1 fully saturated rings. The van der Waals surface area contributed by atoms with Crippen LogP contribution in [0.2, 0.25) is 0 Å². The number of likely N-dealkylation sites (tertiary alicyclic amines) is 1. The zero-order valence-electron chi connectivity index (χ0n) is 10.5. The highest BCUT2D eigenvalue weighted by molar-refractivity contribution is 5.68. The topological polar surface area (TPSA) is 49.8 Å². The van der Waals surface area contributed by atoms with Crippen LogP contribution in [0.4, 0.5) is 8.78 Å². The number of carbonyl (C=O) groups is 1. The van der Waals surface area contributed by atoms with Gasteiger partial charge in [0.05, 0.1) is 5.60 Å². The van der Waals surface area contributed by atoms with E-state index in [1.54, 1.807) is 6.92 Å². The molecular formula is C13H15F2NO3. The highest BCUT2D eigenvalue weighted by atomic mass is 19.2. The summed E-state index contributed by atoms with van der Waals surface area (Å²) >= 11 is 0. The fourth-order valence-corrected chi connectivity index (χ4v) is 2.25. The zero-order valence-corrected chi connectivity index (χ0v) is 10.5. The first-order chi connectivity index (χ1) is 8.89. The number of aliphatic carboxylic acids is 1. The second kappa shape index (κ2) is 5.22. The lowest BCUT2D eigenvalue weighted by molar-refractivity contribution is -0.165. The minimum Gasteiger partial charge on any atom is -0.480 e. The summed E-state index contributed by atoms with van der Waals surface area (Å²) in [4.78, 5) is 12.3. The van der Waals surface area contributed by atoms with Crippen molar-refractivity contribution in [1.29, 1.82) is 0 Å². The molecular weight excluding hydrogens is 256 g/mol. The van der Waals surface area contributed by atoms with E-state index in [4.69, 9.17) is 9.84 Å². The molecule has 6 heteroatoms. The first kappa shape index (κ1) is 13.9. The number of carboxylic acid groups (broad SMARTS) is 1. The molecule has 0 aliphatic carbocycles. The molecule has 0 unspecified atom stereocenters. The number of hydrogen-bond acceptors (Lipinski definition) is 3. The van der Waals surface area contributed by atoms with Gasteiger partial charge in [0, 0.05) is 25.2 Å². The molecule has 0 bridgehead atoms. The van der Waals surface area contributed by atoms with Crippen molar-refractivity contribution >= 4 is 5.97 Å². The van der Waals surface area contributed by atoms with E-state index in [-0.39, 0.29) is 13.2 Å². The summed E-state index contributed by atoms with van der Waals surface area (Å²) in [5, 5.41) is 8.53. The summed E-state index contributed by atoms with van der Waals surface area (Å²) in [5.41, 5.74) is -0.234. The Morgan fingerprint density at radius 3 is 2.79 bits per heavy atom. The smallest absolute Gasteiger partial charge is 0.329 e. The number of ether oxygens (including phenoxy) is 1. The largest absolute Gasteiger partial charge is 0.480 e. The van der Waals surface area contributed by atoms with Gasteiger partial charge in [-0.05, 0) is 13.0 Å². The van der Waals surface area contributed by atoms with Gasteiger partial charge in [-0.25, -0.2) is 13.6 Å². The Hall–Kier alpha value is -1.53. The first-order valence-corrected chi connectivity index (χ1v) is 5.91. The number of carboxylic acids is 1. The third-order valence-electron chi connectivity index (χ3n) is 3.09. The van der Waals surface area contributed by atoms with Crippen LogP contribution in [0.5, 0.6) is 0 Å². The minimum absolute atomic E-state index is 0.287. The van der Waals surface area contributed by atoms with Crippen LogP contribution in [0, 0.1) is 11.6 Å². The molecule has 4 nitrogen and oxygen atoms in total. The van der Waals surface area contributed by atoms with Gasteiger partial charge in [-0.15, -0.1) is 0 Å². The second-order valence-electron chi connectivity index (χ2n) is 4.99. The maximum atomic E-state index is 13.5. The Morgan fingerprint density at radius 2 is 2.16 bits per heavy atom. The third kappa shape index (κ3) is 3.27. The molecule has 0 aromatic heterocycles. The average Bonchev–Trinajstić information content (AvgIpc) is 2.30. The SMILES string of the molecule is CC1(OCC(=O)O)CN(Cc2cccc(F)c2F)C1. The summed E-state index contributed by atoms with van der Waals surface area (Å²) in [6, 6.07) is 4.08. The minimum atomic E-state index is -1.02. The van der Waals surface area contributed by atoms with Crippen molar-refractivity contribution in [1.82, 2.24) is 4.90 Å². The molecule has 0 atom stereocenters. The van der Waals surface area contributed by atoms with Gasteiger partial charge in [0.1, 0.15) is 6.61 Å². The molecule has 1 aliphatic heterocycles. The zero-order chi connectivity index (χ0) is 14.0. The lowest BCUT2D eigenvalue weighted by Crippen LogP contribution is -2.61. The molecule has 1 saturated heterocycles. The molecule has 1 aliphatic rings. The third-order valence-corrected chi connectivity index (χ3v) is 3.09. The highest BCUT2D eigenvalue weighted by Crippen LogP contribution is 2.27. The normalized spacial score (nSPS) is 18.1. The Morgan fingerprint density at radius 1 is 1.47 bits per heavy atom. The molecule has 2 rings (SSSR count). The van der Waals surface area contributed by atoms with Crippen molar-refractivity contribution in [3.05, 3.63) is 35.4 Å². The Kier molecular flexibility index (Phi) is 3.82. The molecule has 19 heavy (non-hydrogen) atoms. The Labute approximate surface area is 109 Å². The van der Waals surface area contributed by atoms with Crippen molar-refractivity contribution in [2.75, 3.05) is 19.7 Å². The maximum Gasteiger partial charge on any atom is 0.329 e. The summed E-state index contributed by atoms with van der Waals surface area (Å²) in [6.45, 7) is 2.73. The molecule has 1 N–H and O–H groups in total. The molecule has 0 amide bonds. The molecule has 1 heterocycles. The van der Waals surface area contributed by atoms with Crippen LogP contribution in [-0.2, 0) is 16.1 Å². The number of rotatable bonds is 5. The van der Waals surface area contributed by atoms with E-state index in [9.17, 15) is 13.6 Å². The summed E-state index contributed by atoms with van der Waals surface area (Å²) < 4.78 is 31.7. The van der Waals surface area contributed by atoms with Crippen molar-refractivity contribution < 1.29 is 23.4 Å². The number of nitrogens with zero attached hydrogens (tertiary/aromatic N) is 1. The van der Waals surface area contributed by atoms with Gasteiger partial charge in [0.25, 0.3) is 0 Å². The van der Waals surface area contributed by atoms with E-state index in [2.05, 4.69) is 0 Å². The Bertz CT molecular complexity index is 487. The van der Waals surface area contributed by atoms with E-state index >= 15 is 0 Å². The van der Waals surface area contributed by atoms with Crippen LogP contribution in [-0.4, -0.2) is 41.3 Å². The predicted octanol–water partition coefficient (Wildman–Crippen LogP) is 1.64. The number of halogens is 2. The van der Waals surface area contributed by atoms with Crippen molar-refractivity contribution in [3.63, 3.8) is 0 Å². The maximum absolute atomic E-state index is 13.5. The van der Waals surface area contributed by atoms with E-state index in [1.807, 2.05) is 4.90 Å². The quantitative estimate of drug-likeness (QED) is 0.884. The summed E-state index contributed by atoms with van der Waals surface area (Å²) in [7, 11) is 0. The van der Waals surface area contributed by atoms with Crippen molar-refractivity contribution in [2.45, 2.75) is 19.1 Å². The van der Waals surface area contributed by atoms with Gasteiger partial charge in [0.2, 0.25) is 0 Å². The standard InChI is InChI=1S/C13H15F2NO3/c1-13(19-6-11(17)18)7-16(8-13)5-9-3-2-4-10(14)12(9)15/h2-4H,5-8H2,1H3,(H,17,18). The fourth-order valence-electron chi connectivity index (χ4n) is 2.25. The number of hydrogen-bond donors (Lipinski definition) is 1. The molecule has 104 valence electrons. The van der Waals surface area contributed by atoms with Crippen molar-refractivity contribution in [2.24, 2.45) is 0 Å². The van der Waals surface area contributed by atoms with E-state index in [0.717, 1.165) is 6.07 Å². The van der Waals surface area contributed by atoms with Gasteiger partial charge >= 0.3 is 5.97 Å². The molecule has 0 saturated carbocycles. The average molecular weight is 271 g/mol. The Balaban J connectivity index is 1.87. The lowest BCUT2D eigenvalue weighted by atomic mass is 9.95. The van der Waals surface area contributed by atoms with Crippen LogP contribution in [0.15, 0.2) is 18.2 Å². The lowest BCUT2D eigenvalue weighted by Gasteiger charge is -2.47. The fraction of sp³-hybridized carbons (Fsp3) is 0.462. The van der Waals surface area contributed by atoms with E-state index in [0.29, 0.717) is 18.7 Å². The first-order valence-electron chi connectivity index (χ1n) is 5.91. The van der Waals surface area contributed by atoms with Crippen LogP contribution < -0.4 is 0 Å². The summed E-state index contributed by atoms with van der Waals surface area (Å²) in [5.74, 6) is -2.71. The van der Waals surface area contributed by atoms with Crippen LogP contribution >= 0.6 is 0 Å². The van der Waals surface area contributed by atoms with Gasteiger partial charge in [0.15, 0.2) is 11.6 Å². The number of benzene rings is 1. The molecule has 1 aromatic carbocycles. The predicted molar refractivity (Wildman–Crippen MR) is 63.6 cm³/mol.